The molecule has 5 N–H and O–H groups in total. The first-order valence-corrected chi connectivity index (χ1v) is 30.6. The van der Waals surface area contributed by atoms with Crippen molar-refractivity contribution in [2.24, 2.45) is 41.4 Å². The van der Waals surface area contributed by atoms with Crippen molar-refractivity contribution in [2.45, 2.75) is 223 Å². The monoisotopic (exact) mass is 1200 g/mol. The zero-order valence-corrected chi connectivity index (χ0v) is 56.1. The summed E-state index contributed by atoms with van der Waals surface area (Å²) in [5.74, 6) is -10.1. The lowest BCUT2D eigenvalue weighted by Gasteiger charge is -2.41. The highest BCUT2D eigenvalue weighted by Gasteiger charge is 2.46. The van der Waals surface area contributed by atoms with Crippen LogP contribution in [0.1, 0.15) is 156 Å². The first kappa shape index (κ1) is 76.9. The van der Waals surface area contributed by atoms with E-state index in [1.807, 2.05) is 41.5 Å². The third-order valence-electron chi connectivity index (χ3n) is 16.2. The fourth-order valence-corrected chi connectivity index (χ4v) is 10.9. The standard InChI is InChI=1S/C62H111N11O12/c1-25-28-29-40(16)52(75)51-56(79)65-43(27-3)58(81)67(18)33-47(74)71(22)49(38(12)13)55(78)66-48(37(10)11)61(84)68(19)44(30-34(4)5)54(77)64-42(26-2)53(76)63-41(17)57(80)69(20)45(31-35(6)7)59(82)70(21)46(32-36(8)9)60(83)72(23)50(39(14)15)62(85)73(51)24/h25,28,34-46,48-52,75H,26-27,29-33H2,1-24H3,(H,63,76)(H,64,77)(H,65,79)(H,66,78)/b28-25+/t40-,41-,42?,43+,44+,45+,46-,48+,49-,50+,51+,52-/m1/s1. The first-order chi connectivity index (χ1) is 39.3. The SMILES string of the molecule is C/C=C/C[C@@H](C)[C@@H](O)[C@H]1C(=O)N[C@@H](CC)C(=O)N(C)CC(=O)N(C)[C@H](C(C)C)C(=O)N[C@@H](C(C)C)C(=O)N(C)[C@@H](CC(C)C)C(=O)NC(CC)C(=O)N[C@H](C)C(=O)N(C)[C@@H](CC(C)C)C(=O)N(C)[C@H](CC(C)C)C(=O)N(C)[C@@H](C(C)C)C(=O)N1C. The number of nitrogens with one attached hydrogen (secondary N) is 4. The van der Waals surface area contributed by atoms with Gasteiger partial charge in [0.05, 0.1) is 12.6 Å². The molecule has 486 valence electrons. The zero-order valence-electron chi connectivity index (χ0n) is 56.1. The molecule has 12 atom stereocenters. The zero-order chi connectivity index (χ0) is 66.0. The van der Waals surface area contributed by atoms with Gasteiger partial charge in [0.2, 0.25) is 65.0 Å². The van der Waals surface area contributed by atoms with Crippen molar-refractivity contribution < 1.29 is 57.8 Å². The molecule has 1 saturated heterocycles. The van der Waals surface area contributed by atoms with E-state index in [0.29, 0.717) is 6.42 Å². The van der Waals surface area contributed by atoms with Crippen molar-refractivity contribution in [1.29, 1.82) is 0 Å². The Bertz CT molecular complexity index is 2330. The summed E-state index contributed by atoms with van der Waals surface area (Å²) in [5.41, 5.74) is 0. The van der Waals surface area contributed by atoms with Gasteiger partial charge in [-0.15, -0.1) is 0 Å². The second-order valence-corrected chi connectivity index (χ2v) is 25.9. The predicted octanol–water partition coefficient (Wildman–Crippen LogP) is 3.27. The van der Waals surface area contributed by atoms with Gasteiger partial charge in [-0.2, -0.15) is 0 Å². The van der Waals surface area contributed by atoms with Crippen molar-refractivity contribution in [1.82, 2.24) is 55.6 Å². The van der Waals surface area contributed by atoms with E-state index >= 15 is 9.59 Å². The summed E-state index contributed by atoms with van der Waals surface area (Å²) in [5, 5.41) is 23.2. The Labute approximate surface area is 508 Å². The molecule has 0 saturated carbocycles. The molecule has 23 nitrogen and oxygen atoms in total. The van der Waals surface area contributed by atoms with E-state index in [4.69, 9.17) is 0 Å². The van der Waals surface area contributed by atoms with Crippen LogP contribution in [0.25, 0.3) is 0 Å². The lowest BCUT2D eigenvalue weighted by molar-refractivity contribution is -0.157. The minimum atomic E-state index is -1.61. The van der Waals surface area contributed by atoms with Crippen molar-refractivity contribution >= 4 is 65.0 Å². The molecule has 11 amide bonds. The number of amides is 11. The third kappa shape index (κ3) is 21.1. The van der Waals surface area contributed by atoms with Crippen molar-refractivity contribution in [3.05, 3.63) is 12.2 Å². The third-order valence-corrected chi connectivity index (χ3v) is 16.2. The lowest BCUT2D eigenvalue weighted by Crippen LogP contribution is -2.63. The van der Waals surface area contributed by atoms with Gasteiger partial charge >= 0.3 is 0 Å². The predicted molar refractivity (Wildman–Crippen MR) is 328 cm³/mol. The Balaban J connectivity index is 4.34. The van der Waals surface area contributed by atoms with Crippen LogP contribution < -0.4 is 21.3 Å². The molecule has 23 heteroatoms. The number of rotatable bonds is 15. The van der Waals surface area contributed by atoms with Crippen LogP contribution in [-0.2, 0) is 52.7 Å². The lowest BCUT2D eigenvalue weighted by atomic mass is 9.91. The van der Waals surface area contributed by atoms with Gasteiger partial charge in [-0.1, -0.05) is 116 Å². The van der Waals surface area contributed by atoms with Crippen LogP contribution >= 0.6 is 0 Å². The highest BCUT2D eigenvalue weighted by Crippen LogP contribution is 2.26. The van der Waals surface area contributed by atoms with Gasteiger partial charge in [0.1, 0.15) is 60.4 Å². The maximum absolute atomic E-state index is 15.1. The number of hydrogen-bond donors (Lipinski definition) is 5. The van der Waals surface area contributed by atoms with Crippen LogP contribution in [0.2, 0.25) is 0 Å². The minimum absolute atomic E-state index is 0.0217. The Morgan fingerprint density at radius 1 is 0.459 bits per heavy atom. The van der Waals surface area contributed by atoms with E-state index in [9.17, 15) is 48.3 Å². The van der Waals surface area contributed by atoms with E-state index in [2.05, 4.69) is 21.3 Å². The van der Waals surface area contributed by atoms with Crippen LogP contribution in [0.15, 0.2) is 12.2 Å². The Morgan fingerprint density at radius 3 is 1.33 bits per heavy atom. The van der Waals surface area contributed by atoms with E-state index in [0.717, 1.165) is 9.80 Å². The molecule has 0 aromatic rings. The number of allylic oxidation sites excluding steroid dienone is 2. The largest absolute Gasteiger partial charge is 0.390 e. The number of carbonyl (C=O) groups excluding carboxylic acids is 11. The fourth-order valence-electron chi connectivity index (χ4n) is 10.9. The molecule has 1 unspecified atom stereocenters. The molecule has 1 heterocycles. The average Bonchev–Trinajstić information content (AvgIpc) is 3.57. The summed E-state index contributed by atoms with van der Waals surface area (Å²) in [7, 11) is 9.91. The number of nitrogens with zero attached hydrogens (tertiary/aromatic N) is 7. The highest BCUT2D eigenvalue weighted by molar-refractivity contribution is 5.99. The summed E-state index contributed by atoms with van der Waals surface area (Å²) in [6, 6.07) is -12.3. The molecule has 0 aromatic heterocycles. The smallest absolute Gasteiger partial charge is 0.246 e. The molecule has 0 radical (unpaired) electrons. The molecular formula is C62H111N11O12. The summed E-state index contributed by atoms with van der Waals surface area (Å²) >= 11 is 0. The molecule has 1 rings (SSSR count). The van der Waals surface area contributed by atoms with Crippen LogP contribution in [0.5, 0.6) is 0 Å². The van der Waals surface area contributed by atoms with Gasteiger partial charge in [0.25, 0.3) is 0 Å². The second kappa shape index (κ2) is 34.9. The highest BCUT2D eigenvalue weighted by atomic mass is 16.3. The molecule has 0 aromatic carbocycles. The molecule has 85 heavy (non-hydrogen) atoms. The normalized spacial score (nSPS) is 26.9. The van der Waals surface area contributed by atoms with Gasteiger partial charge in [-0.05, 0) is 93.8 Å². The van der Waals surface area contributed by atoms with E-state index in [1.54, 1.807) is 81.4 Å². The molecule has 0 aliphatic carbocycles. The average molecular weight is 1200 g/mol. The number of aliphatic hydroxyl groups excluding tert-OH is 1. The van der Waals surface area contributed by atoms with Gasteiger partial charge < -0.3 is 60.7 Å². The summed E-state index contributed by atoms with van der Waals surface area (Å²) in [4.78, 5) is 169. The van der Waals surface area contributed by atoms with Gasteiger partial charge in [0.15, 0.2) is 0 Å². The van der Waals surface area contributed by atoms with E-state index in [1.165, 1.54) is 80.8 Å². The Hall–Kier alpha value is -6.13. The number of hydrogen-bond acceptors (Lipinski definition) is 12. The quantitative estimate of drug-likeness (QED) is 0.148. The summed E-state index contributed by atoms with van der Waals surface area (Å²) in [6.45, 7) is 29.3. The van der Waals surface area contributed by atoms with Crippen molar-refractivity contribution in [3.63, 3.8) is 0 Å². The molecule has 1 aliphatic heterocycles. The van der Waals surface area contributed by atoms with Gasteiger partial charge in [0, 0.05) is 49.3 Å². The molecule has 0 bridgehead atoms. The van der Waals surface area contributed by atoms with Gasteiger partial charge in [-0.25, -0.2) is 0 Å². The number of likely N-dealkylation sites (N-methyl/N-ethyl adjacent to an activating group) is 7. The van der Waals surface area contributed by atoms with Crippen LogP contribution in [0, 0.1) is 41.4 Å². The number of carbonyl (C=O) groups is 11. The summed E-state index contributed by atoms with van der Waals surface area (Å²) in [6.07, 6.45) is 2.97. The van der Waals surface area contributed by atoms with Crippen LogP contribution in [-0.4, -0.2) is 227 Å². The Morgan fingerprint density at radius 2 is 0.882 bits per heavy atom. The molecule has 0 spiro atoms. The van der Waals surface area contributed by atoms with Crippen molar-refractivity contribution in [2.75, 3.05) is 55.9 Å². The molecule has 1 aliphatic rings. The Kier molecular flexibility index (Phi) is 31.5. The second-order valence-electron chi connectivity index (χ2n) is 25.9. The number of aliphatic hydroxyl groups is 1. The van der Waals surface area contributed by atoms with Crippen molar-refractivity contribution in [3.8, 4) is 0 Å². The fraction of sp³-hybridized carbons (Fsp3) is 0.790. The maximum Gasteiger partial charge on any atom is 0.246 e. The van der Waals surface area contributed by atoms with Gasteiger partial charge in [-0.3, -0.25) is 52.7 Å². The minimum Gasteiger partial charge on any atom is -0.390 e. The maximum atomic E-state index is 15.1. The first-order valence-electron chi connectivity index (χ1n) is 30.6. The summed E-state index contributed by atoms with van der Waals surface area (Å²) < 4.78 is 0. The molecule has 1 fully saturated rings. The van der Waals surface area contributed by atoms with E-state index < -0.39 is 162 Å². The molecular weight excluding hydrogens is 1090 g/mol. The topological polar surface area (TPSA) is 279 Å². The van der Waals surface area contributed by atoms with Crippen LogP contribution in [0.3, 0.4) is 0 Å². The van der Waals surface area contributed by atoms with Crippen LogP contribution in [0.4, 0.5) is 0 Å². The van der Waals surface area contributed by atoms with E-state index in [-0.39, 0.29) is 49.9 Å².